The van der Waals surface area contributed by atoms with Crippen molar-refractivity contribution in [1.82, 2.24) is 10.2 Å². The van der Waals surface area contributed by atoms with Crippen molar-refractivity contribution in [3.05, 3.63) is 0 Å². The van der Waals surface area contributed by atoms with Crippen LogP contribution in [0.1, 0.15) is 33.1 Å². The monoisotopic (exact) mass is 268 g/mol. The zero-order valence-corrected chi connectivity index (χ0v) is 12.1. The molecule has 1 saturated carbocycles. The predicted octanol–water partition coefficient (Wildman–Crippen LogP) is 0.786. The molecular weight excluding hydrogens is 244 g/mol. The number of piperazine rings is 1. The van der Waals surface area contributed by atoms with Gasteiger partial charge in [-0.05, 0) is 30.6 Å². The lowest BCUT2D eigenvalue weighted by Crippen LogP contribution is -2.60. The second kappa shape index (κ2) is 5.49. The van der Waals surface area contributed by atoms with Gasteiger partial charge in [-0.2, -0.15) is 0 Å². The molecule has 5 nitrogen and oxygen atoms in total. The molecule has 2 amide bonds. The second-order valence-corrected chi connectivity index (χ2v) is 6.23. The molecule has 19 heavy (non-hydrogen) atoms. The molecule has 2 aliphatic rings. The molecule has 1 atom stereocenters. The minimum absolute atomic E-state index is 0.0409. The van der Waals surface area contributed by atoms with Gasteiger partial charge in [-0.3, -0.25) is 9.59 Å². The second-order valence-electron chi connectivity index (χ2n) is 6.23. The van der Waals surface area contributed by atoms with Crippen molar-refractivity contribution in [3.63, 3.8) is 0 Å². The van der Waals surface area contributed by atoms with Crippen LogP contribution in [0.25, 0.3) is 0 Å². The molecule has 0 aromatic heterocycles. The zero-order chi connectivity index (χ0) is 14.0. The van der Waals surface area contributed by atoms with Crippen molar-refractivity contribution in [2.45, 2.75) is 39.2 Å². The molecule has 2 fully saturated rings. The van der Waals surface area contributed by atoms with E-state index in [-0.39, 0.29) is 35.7 Å². The number of nitrogens with zero attached hydrogens (tertiary/aromatic N) is 1. The lowest BCUT2D eigenvalue weighted by atomic mass is 9.97. The fourth-order valence-electron chi connectivity index (χ4n) is 2.70. The van der Waals surface area contributed by atoms with Gasteiger partial charge >= 0.3 is 0 Å². The maximum Gasteiger partial charge on any atom is 0.245 e. The first-order chi connectivity index (χ1) is 8.97. The van der Waals surface area contributed by atoms with E-state index in [0.29, 0.717) is 6.54 Å². The van der Waals surface area contributed by atoms with E-state index in [1.807, 2.05) is 13.8 Å². The van der Waals surface area contributed by atoms with E-state index in [1.54, 1.807) is 12.0 Å². The van der Waals surface area contributed by atoms with Crippen LogP contribution in [0.2, 0.25) is 0 Å². The lowest BCUT2D eigenvalue weighted by Gasteiger charge is -2.36. The van der Waals surface area contributed by atoms with E-state index in [1.165, 1.54) is 0 Å². The number of hydrogen-bond donors (Lipinski definition) is 1. The molecule has 0 bridgehead atoms. The van der Waals surface area contributed by atoms with Crippen LogP contribution in [0.5, 0.6) is 0 Å². The Balaban J connectivity index is 1.99. The van der Waals surface area contributed by atoms with E-state index >= 15 is 0 Å². The van der Waals surface area contributed by atoms with Gasteiger partial charge in [-0.15, -0.1) is 0 Å². The van der Waals surface area contributed by atoms with Crippen LogP contribution in [0.15, 0.2) is 0 Å². The van der Waals surface area contributed by atoms with Gasteiger partial charge in [-0.25, -0.2) is 0 Å². The molecule has 1 unspecified atom stereocenters. The van der Waals surface area contributed by atoms with Gasteiger partial charge in [0.2, 0.25) is 11.8 Å². The van der Waals surface area contributed by atoms with Crippen LogP contribution >= 0.6 is 0 Å². The van der Waals surface area contributed by atoms with Crippen LogP contribution in [0, 0.1) is 11.3 Å². The molecule has 1 heterocycles. The molecule has 1 N–H and O–H groups in total. The molecule has 0 radical (unpaired) electrons. The molecular formula is C14H24N2O3. The Morgan fingerprint density at radius 3 is 2.63 bits per heavy atom. The molecule has 1 aliphatic carbocycles. The topological polar surface area (TPSA) is 58.6 Å². The lowest BCUT2D eigenvalue weighted by molar-refractivity contribution is -0.146. The summed E-state index contributed by atoms with van der Waals surface area (Å²) in [7, 11) is 1.70. The van der Waals surface area contributed by atoms with Crippen molar-refractivity contribution < 1.29 is 14.3 Å². The van der Waals surface area contributed by atoms with Crippen molar-refractivity contribution in [2.75, 3.05) is 26.8 Å². The summed E-state index contributed by atoms with van der Waals surface area (Å²) < 4.78 is 5.13. The average Bonchev–Trinajstić information content (AvgIpc) is 3.11. The van der Waals surface area contributed by atoms with Crippen LogP contribution in [0.3, 0.4) is 0 Å². The van der Waals surface area contributed by atoms with Crippen molar-refractivity contribution in [2.24, 2.45) is 11.3 Å². The third-order valence-electron chi connectivity index (χ3n) is 4.22. The highest BCUT2D eigenvalue weighted by Crippen LogP contribution is 2.49. The number of nitrogens with one attached hydrogen (secondary N) is 1. The maximum atomic E-state index is 12.4. The summed E-state index contributed by atoms with van der Waals surface area (Å²) in [5.74, 6) is 0.160. The SMILES string of the molecule is COCCC1(CN2CC(=O)NC(C(C)C)C2=O)CC1. The fraction of sp³-hybridized carbons (Fsp3) is 0.857. The maximum absolute atomic E-state index is 12.4. The minimum Gasteiger partial charge on any atom is -0.385 e. The number of ether oxygens (including phenoxy) is 1. The van der Waals surface area contributed by atoms with E-state index in [9.17, 15) is 9.59 Å². The third kappa shape index (κ3) is 3.26. The first-order valence-corrected chi connectivity index (χ1v) is 7.04. The molecule has 108 valence electrons. The van der Waals surface area contributed by atoms with Gasteiger partial charge < -0.3 is 15.0 Å². The molecule has 0 aromatic rings. The minimum atomic E-state index is -0.362. The van der Waals surface area contributed by atoms with Crippen molar-refractivity contribution in [3.8, 4) is 0 Å². The van der Waals surface area contributed by atoms with E-state index in [0.717, 1.165) is 25.9 Å². The van der Waals surface area contributed by atoms with E-state index < -0.39 is 0 Å². The Kier molecular flexibility index (Phi) is 4.13. The van der Waals surface area contributed by atoms with Gasteiger partial charge in [0.1, 0.15) is 6.04 Å². The fourth-order valence-corrected chi connectivity index (χ4v) is 2.70. The Hall–Kier alpha value is -1.10. The first kappa shape index (κ1) is 14.3. The summed E-state index contributed by atoms with van der Waals surface area (Å²) in [6, 6.07) is -0.362. The smallest absolute Gasteiger partial charge is 0.245 e. The highest BCUT2D eigenvalue weighted by Gasteiger charge is 2.46. The summed E-state index contributed by atoms with van der Waals surface area (Å²) in [4.78, 5) is 25.8. The predicted molar refractivity (Wildman–Crippen MR) is 71.5 cm³/mol. The summed E-state index contributed by atoms with van der Waals surface area (Å²) in [6.07, 6.45) is 3.24. The Morgan fingerprint density at radius 2 is 2.11 bits per heavy atom. The number of hydrogen-bond acceptors (Lipinski definition) is 3. The summed E-state index contributed by atoms with van der Waals surface area (Å²) >= 11 is 0. The van der Waals surface area contributed by atoms with E-state index in [4.69, 9.17) is 4.74 Å². The molecule has 0 aromatic carbocycles. The van der Waals surface area contributed by atoms with Crippen LogP contribution < -0.4 is 5.32 Å². The quantitative estimate of drug-likeness (QED) is 0.774. The molecule has 1 saturated heterocycles. The van der Waals surface area contributed by atoms with E-state index in [2.05, 4.69) is 5.32 Å². The van der Waals surface area contributed by atoms with Gasteiger partial charge in [0, 0.05) is 20.3 Å². The van der Waals surface area contributed by atoms with Crippen LogP contribution in [-0.4, -0.2) is 49.6 Å². The number of methoxy groups -OCH3 is 1. The van der Waals surface area contributed by atoms with Crippen molar-refractivity contribution in [1.29, 1.82) is 0 Å². The standard InChI is InChI=1S/C14H24N2O3/c1-10(2)12-13(18)16(8-11(17)15-12)9-14(4-5-14)6-7-19-3/h10,12H,4-9H2,1-3H3,(H,15,17). The molecule has 2 rings (SSSR count). The number of rotatable bonds is 6. The number of carbonyl (C=O) groups excluding carboxylic acids is 2. The van der Waals surface area contributed by atoms with Crippen LogP contribution in [0.4, 0.5) is 0 Å². The summed E-state index contributed by atoms with van der Waals surface area (Å²) in [5.41, 5.74) is 0.199. The zero-order valence-electron chi connectivity index (χ0n) is 12.1. The highest BCUT2D eigenvalue weighted by molar-refractivity contribution is 5.95. The first-order valence-electron chi connectivity index (χ1n) is 7.04. The Bertz CT molecular complexity index is 364. The molecule has 1 aliphatic heterocycles. The highest BCUT2D eigenvalue weighted by atomic mass is 16.5. The largest absolute Gasteiger partial charge is 0.385 e. The number of carbonyl (C=O) groups is 2. The molecule has 5 heteroatoms. The van der Waals surface area contributed by atoms with Gasteiger partial charge in [-0.1, -0.05) is 13.8 Å². The Labute approximate surface area is 114 Å². The van der Waals surface area contributed by atoms with Gasteiger partial charge in [0.25, 0.3) is 0 Å². The number of amides is 2. The Morgan fingerprint density at radius 1 is 1.42 bits per heavy atom. The van der Waals surface area contributed by atoms with Gasteiger partial charge in [0.05, 0.1) is 6.54 Å². The van der Waals surface area contributed by atoms with Crippen LogP contribution in [-0.2, 0) is 14.3 Å². The summed E-state index contributed by atoms with van der Waals surface area (Å²) in [5, 5.41) is 2.79. The normalized spacial score (nSPS) is 25.7. The summed E-state index contributed by atoms with van der Waals surface area (Å²) in [6.45, 7) is 5.55. The average molecular weight is 268 g/mol. The third-order valence-corrected chi connectivity index (χ3v) is 4.22. The van der Waals surface area contributed by atoms with Gasteiger partial charge in [0.15, 0.2) is 0 Å². The molecule has 0 spiro atoms. The van der Waals surface area contributed by atoms with Crippen molar-refractivity contribution >= 4 is 11.8 Å².